The molecule has 158 valence electrons. The first-order valence-electron chi connectivity index (χ1n) is 8.90. The van der Waals surface area contributed by atoms with Gasteiger partial charge in [-0.25, -0.2) is 15.0 Å². The van der Waals surface area contributed by atoms with E-state index in [4.69, 9.17) is 0 Å². The lowest BCUT2D eigenvalue weighted by Crippen LogP contribution is -2.36. The van der Waals surface area contributed by atoms with E-state index in [1.54, 1.807) is 36.6 Å². The number of hydrazine groups is 2. The summed E-state index contributed by atoms with van der Waals surface area (Å²) in [6.45, 7) is 1.75. The van der Waals surface area contributed by atoms with E-state index in [0.29, 0.717) is 17.1 Å². The number of anilines is 2. The number of halogens is 3. The van der Waals surface area contributed by atoms with Gasteiger partial charge in [-0.2, -0.15) is 13.2 Å². The third kappa shape index (κ3) is 4.43. The standard InChI is InChI=1S/C19H15F3N8O/c1-11-16(30-9-15(28-29-30)13-6-23-10-24-7-13)4-12(8-26-11)18(31)27-17-5-14(2-3-25-17)19(20,21)22/h2-10,28-29H,1H3,(H,25,27,31). The quantitative estimate of drug-likeness (QED) is 0.582. The highest BCUT2D eigenvalue weighted by atomic mass is 19.4. The Morgan fingerprint density at radius 1 is 1.13 bits per heavy atom. The van der Waals surface area contributed by atoms with Gasteiger partial charge in [-0.3, -0.25) is 14.8 Å². The van der Waals surface area contributed by atoms with Gasteiger partial charge in [-0.15, -0.1) is 5.53 Å². The number of pyridine rings is 2. The van der Waals surface area contributed by atoms with Gasteiger partial charge in [0.05, 0.1) is 28.2 Å². The highest BCUT2D eigenvalue weighted by molar-refractivity contribution is 6.04. The molecule has 4 heterocycles. The third-order valence-electron chi connectivity index (χ3n) is 4.35. The number of carbonyl (C=O) groups excluding carboxylic acids is 1. The van der Waals surface area contributed by atoms with E-state index in [2.05, 4.69) is 36.2 Å². The number of nitrogens with zero attached hydrogens (tertiary/aromatic N) is 5. The van der Waals surface area contributed by atoms with E-state index >= 15 is 0 Å². The zero-order valence-corrected chi connectivity index (χ0v) is 16.0. The maximum Gasteiger partial charge on any atom is 0.416 e. The number of nitrogens with one attached hydrogen (secondary N) is 3. The van der Waals surface area contributed by atoms with Crippen molar-refractivity contribution in [1.82, 2.24) is 30.9 Å². The maximum absolute atomic E-state index is 12.9. The Labute approximate surface area is 174 Å². The minimum atomic E-state index is -4.54. The largest absolute Gasteiger partial charge is 0.416 e. The lowest BCUT2D eigenvalue weighted by atomic mass is 10.2. The Morgan fingerprint density at radius 3 is 2.65 bits per heavy atom. The SMILES string of the molecule is Cc1ncc(C(=O)Nc2cc(C(F)(F)F)ccn2)cc1N1C=C(c2cncnc2)NN1. The van der Waals surface area contributed by atoms with Crippen LogP contribution >= 0.6 is 0 Å². The summed E-state index contributed by atoms with van der Waals surface area (Å²) in [6, 6.07) is 3.15. The summed E-state index contributed by atoms with van der Waals surface area (Å²) in [5.74, 6) is -0.859. The van der Waals surface area contributed by atoms with Gasteiger partial charge in [0.25, 0.3) is 5.91 Å². The highest BCUT2D eigenvalue weighted by Gasteiger charge is 2.31. The predicted octanol–water partition coefficient (Wildman–Crippen LogP) is 2.67. The van der Waals surface area contributed by atoms with Crippen LogP contribution in [0.2, 0.25) is 0 Å². The number of carbonyl (C=O) groups is 1. The molecule has 1 aliphatic rings. The molecule has 0 saturated heterocycles. The second kappa shape index (κ2) is 7.99. The average Bonchev–Trinajstić information content (AvgIpc) is 3.24. The Bertz CT molecular complexity index is 1150. The first-order chi connectivity index (χ1) is 14.8. The van der Waals surface area contributed by atoms with Crippen LogP contribution in [0.15, 0.2) is 55.5 Å². The van der Waals surface area contributed by atoms with Crippen LogP contribution in [0, 0.1) is 6.92 Å². The van der Waals surface area contributed by atoms with Crippen molar-refractivity contribution < 1.29 is 18.0 Å². The third-order valence-corrected chi connectivity index (χ3v) is 4.35. The van der Waals surface area contributed by atoms with Crippen LogP contribution in [0.4, 0.5) is 24.7 Å². The molecule has 0 radical (unpaired) electrons. The molecule has 12 heteroatoms. The van der Waals surface area contributed by atoms with Gasteiger partial charge in [-0.05, 0) is 25.1 Å². The van der Waals surface area contributed by atoms with Crippen LogP contribution in [0.3, 0.4) is 0 Å². The molecule has 9 nitrogen and oxygen atoms in total. The summed E-state index contributed by atoms with van der Waals surface area (Å²) in [6.07, 6.45) is 4.20. The minimum Gasteiger partial charge on any atom is -0.307 e. The van der Waals surface area contributed by atoms with Crippen molar-refractivity contribution >= 4 is 23.1 Å². The number of rotatable bonds is 4. The van der Waals surface area contributed by atoms with Crippen molar-refractivity contribution in [3.8, 4) is 0 Å². The van der Waals surface area contributed by atoms with Crippen LogP contribution < -0.4 is 21.3 Å². The molecule has 0 unspecified atom stereocenters. The monoisotopic (exact) mass is 428 g/mol. The fourth-order valence-corrected chi connectivity index (χ4v) is 2.78. The Kier molecular flexibility index (Phi) is 5.21. The van der Waals surface area contributed by atoms with Gasteiger partial charge >= 0.3 is 6.18 Å². The molecule has 0 aromatic carbocycles. The summed E-state index contributed by atoms with van der Waals surface area (Å²) < 4.78 is 38.6. The molecule has 3 aromatic heterocycles. The number of amides is 1. The minimum absolute atomic E-state index is 0.145. The van der Waals surface area contributed by atoms with Gasteiger partial charge in [0.1, 0.15) is 12.1 Å². The molecule has 0 atom stereocenters. The van der Waals surface area contributed by atoms with Crippen molar-refractivity contribution in [2.24, 2.45) is 0 Å². The number of alkyl halides is 3. The Balaban J connectivity index is 1.56. The second-order valence-corrected chi connectivity index (χ2v) is 6.49. The van der Waals surface area contributed by atoms with E-state index < -0.39 is 17.6 Å². The fourth-order valence-electron chi connectivity index (χ4n) is 2.78. The molecule has 3 aromatic rings. The van der Waals surface area contributed by atoms with Crippen molar-refractivity contribution in [2.75, 3.05) is 10.3 Å². The molecule has 0 saturated carbocycles. The van der Waals surface area contributed by atoms with Crippen LogP contribution in [-0.4, -0.2) is 25.8 Å². The zero-order valence-electron chi connectivity index (χ0n) is 16.0. The van der Waals surface area contributed by atoms with Crippen molar-refractivity contribution in [3.05, 3.63) is 77.9 Å². The van der Waals surface area contributed by atoms with Gasteiger partial charge in [0.2, 0.25) is 0 Å². The topological polar surface area (TPSA) is 108 Å². The Morgan fingerprint density at radius 2 is 1.90 bits per heavy atom. The molecule has 1 aliphatic heterocycles. The average molecular weight is 428 g/mol. The van der Waals surface area contributed by atoms with Crippen LogP contribution in [0.5, 0.6) is 0 Å². The summed E-state index contributed by atoms with van der Waals surface area (Å²) in [5.41, 5.74) is 7.75. The van der Waals surface area contributed by atoms with Gasteiger partial charge in [-0.1, -0.05) is 0 Å². The van der Waals surface area contributed by atoms with Crippen molar-refractivity contribution in [3.63, 3.8) is 0 Å². The first-order valence-corrected chi connectivity index (χ1v) is 8.90. The molecule has 0 spiro atoms. The van der Waals surface area contributed by atoms with E-state index in [9.17, 15) is 18.0 Å². The van der Waals surface area contributed by atoms with E-state index in [1.807, 2.05) is 0 Å². The lowest BCUT2D eigenvalue weighted by molar-refractivity contribution is -0.137. The van der Waals surface area contributed by atoms with Gasteiger partial charge in [0.15, 0.2) is 0 Å². The molecule has 0 aliphatic carbocycles. The maximum atomic E-state index is 12.9. The van der Waals surface area contributed by atoms with Crippen LogP contribution in [0.25, 0.3) is 5.70 Å². The predicted molar refractivity (Wildman–Crippen MR) is 105 cm³/mol. The zero-order chi connectivity index (χ0) is 22.0. The Hall–Kier alpha value is -4.06. The molecule has 3 N–H and O–H groups in total. The fraction of sp³-hybridized carbons (Fsp3) is 0.105. The number of aromatic nitrogens is 4. The molecule has 1 amide bonds. The second-order valence-electron chi connectivity index (χ2n) is 6.49. The normalized spacial score (nSPS) is 13.5. The lowest BCUT2D eigenvalue weighted by Gasteiger charge is -2.18. The van der Waals surface area contributed by atoms with Gasteiger partial charge < -0.3 is 10.7 Å². The van der Waals surface area contributed by atoms with Gasteiger partial charge in [0, 0.05) is 36.6 Å². The van der Waals surface area contributed by atoms with E-state index in [-0.39, 0.29) is 11.4 Å². The molecular weight excluding hydrogens is 413 g/mol. The smallest absolute Gasteiger partial charge is 0.307 e. The van der Waals surface area contributed by atoms with Crippen LogP contribution in [-0.2, 0) is 6.18 Å². The number of hydrogen-bond donors (Lipinski definition) is 3. The van der Waals surface area contributed by atoms with Crippen LogP contribution in [0.1, 0.15) is 27.2 Å². The molecule has 0 fully saturated rings. The summed E-state index contributed by atoms with van der Waals surface area (Å²) in [5, 5.41) is 3.98. The summed E-state index contributed by atoms with van der Waals surface area (Å²) >= 11 is 0. The van der Waals surface area contributed by atoms with E-state index in [1.165, 1.54) is 12.5 Å². The van der Waals surface area contributed by atoms with Crippen molar-refractivity contribution in [1.29, 1.82) is 0 Å². The van der Waals surface area contributed by atoms with E-state index in [0.717, 1.165) is 23.9 Å². The highest BCUT2D eigenvalue weighted by Crippen LogP contribution is 2.30. The molecular formula is C19H15F3N8O. The summed E-state index contributed by atoms with van der Waals surface area (Å²) in [4.78, 5) is 28.5. The molecule has 0 bridgehead atoms. The first kappa shape index (κ1) is 20.2. The number of hydrogen-bond acceptors (Lipinski definition) is 8. The van der Waals surface area contributed by atoms with Crippen molar-refractivity contribution in [2.45, 2.75) is 13.1 Å². The number of aryl methyl sites for hydroxylation is 1. The molecule has 31 heavy (non-hydrogen) atoms. The molecule has 4 rings (SSSR count). The summed E-state index contributed by atoms with van der Waals surface area (Å²) in [7, 11) is 0.